The standard InChI is InChI=1S/C16H23NO4/c1-3-4-10-17(11-13(2)16(19)20)15(18)12-21-14-8-6-5-7-9-14/h5-9,13H,3-4,10-12H2,1-2H3,(H,19,20). The Morgan fingerprint density at radius 2 is 1.95 bits per heavy atom. The maximum Gasteiger partial charge on any atom is 0.308 e. The Morgan fingerprint density at radius 1 is 1.29 bits per heavy atom. The van der Waals surface area contributed by atoms with Crippen LogP contribution in [0.3, 0.4) is 0 Å². The van der Waals surface area contributed by atoms with Crippen molar-refractivity contribution in [2.45, 2.75) is 26.7 Å². The van der Waals surface area contributed by atoms with E-state index in [9.17, 15) is 9.59 Å². The van der Waals surface area contributed by atoms with Crippen molar-refractivity contribution in [3.05, 3.63) is 30.3 Å². The van der Waals surface area contributed by atoms with E-state index in [-0.39, 0.29) is 19.1 Å². The lowest BCUT2D eigenvalue weighted by Crippen LogP contribution is -2.40. The number of hydrogen-bond donors (Lipinski definition) is 1. The van der Waals surface area contributed by atoms with Gasteiger partial charge in [0.05, 0.1) is 5.92 Å². The number of benzene rings is 1. The van der Waals surface area contributed by atoms with Gasteiger partial charge in [-0.2, -0.15) is 0 Å². The van der Waals surface area contributed by atoms with E-state index in [2.05, 4.69) is 0 Å². The summed E-state index contributed by atoms with van der Waals surface area (Å²) in [5.74, 6) is -1.02. The second-order valence-electron chi connectivity index (χ2n) is 5.03. The third kappa shape index (κ3) is 6.29. The highest BCUT2D eigenvalue weighted by molar-refractivity contribution is 5.78. The summed E-state index contributed by atoms with van der Waals surface area (Å²) >= 11 is 0. The molecule has 0 aliphatic heterocycles. The highest BCUT2D eigenvalue weighted by atomic mass is 16.5. The summed E-state index contributed by atoms with van der Waals surface area (Å²) in [6.45, 7) is 4.34. The number of aliphatic carboxylic acids is 1. The van der Waals surface area contributed by atoms with Crippen LogP contribution >= 0.6 is 0 Å². The number of hydrogen-bond acceptors (Lipinski definition) is 3. The topological polar surface area (TPSA) is 66.8 Å². The fraction of sp³-hybridized carbons (Fsp3) is 0.500. The molecule has 5 nitrogen and oxygen atoms in total. The Labute approximate surface area is 125 Å². The van der Waals surface area contributed by atoms with Crippen molar-refractivity contribution in [1.82, 2.24) is 4.90 Å². The molecule has 1 amide bonds. The molecule has 0 saturated carbocycles. The predicted octanol–water partition coefficient (Wildman–Crippen LogP) is 2.41. The van der Waals surface area contributed by atoms with Gasteiger partial charge in [-0.05, 0) is 18.6 Å². The normalized spacial score (nSPS) is 11.7. The number of carboxylic acid groups (broad SMARTS) is 1. The summed E-state index contributed by atoms with van der Waals surface area (Å²) in [4.78, 5) is 24.7. The van der Waals surface area contributed by atoms with Gasteiger partial charge in [0, 0.05) is 13.1 Å². The Hall–Kier alpha value is -2.04. The maximum atomic E-state index is 12.2. The first-order valence-electron chi connectivity index (χ1n) is 7.23. The number of carbonyl (C=O) groups excluding carboxylic acids is 1. The Kier molecular flexibility index (Phi) is 7.29. The van der Waals surface area contributed by atoms with E-state index < -0.39 is 11.9 Å². The molecule has 1 N–H and O–H groups in total. The van der Waals surface area contributed by atoms with Crippen LogP contribution in [0.4, 0.5) is 0 Å². The van der Waals surface area contributed by atoms with Gasteiger partial charge < -0.3 is 14.7 Å². The van der Waals surface area contributed by atoms with Gasteiger partial charge in [0.15, 0.2) is 6.61 Å². The molecule has 1 atom stereocenters. The quantitative estimate of drug-likeness (QED) is 0.759. The molecule has 0 saturated heterocycles. The number of amides is 1. The molecule has 0 aliphatic rings. The van der Waals surface area contributed by atoms with E-state index in [0.717, 1.165) is 12.8 Å². The first-order valence-corrected chi connectivity index (χ1v) is 7.23. The van der Waals surface area contributed by atoms with Gasteiger partial charge in [-0.15, -0.1) is 0 Å². The molecular formula is C16H23NO4. The monoisotopic (exact) mass is 293 g/mol. The summed E-state index contributed by atoms with van der Waals surface area (Å²) in [5, 5.41) is 8.98. The van der Waals surface area contributed by atoms with Crippen molar-refractivity contribution in [3.63, 3.8) is 0 Å². The van der Waals surface area contributed by atoms with E-state index >= 15 is 0 Å². The van der Waals surface area contributed by atoms with Crippen molar-refractivity contribution < 1.29 is 19.4 Å². The fourth-order valence-electron chi connectivity index (χ4n) is 1.83. The third-order valence-corrected chi connectivity index (χ3v) is 3.16. The Balaban J connectivity index is 2.55. The second-order valence-corrected chi connectivity index (χ2v) is 5.03. The second kappa shape index (κ2) is 9.00. The van der Waals surface area contributed by atoms with Crippen LogP contribution in [0, 0.1) is 5.92 Å². The molecule has 0 spiro atoms. The Bertz CT molecular complexity index is 447. The minimum atomic E-state index is -0.895. The van der Waals surface area contributed by atoms with E-state index in [0.29, 0.717) is 12.3 Å². The molecule has 116 valence electrons. The summed E-state index contributed by atoms with van der Waals surface area (Å²) in [5.41, 5.74) is 0. The molecular weight excluding hydrogens is 270 g/mol. The average molecular weight is 293 g/mol. The number of carboxylic acids is 1. The minimum Gasteiger partial charge on any atom is -0.484 e. The summed E-state index contributed by atoms with van der Waals surface area (Å²) in [6, 6.07) is 9.10. The number of para-hydroxylation sites is 1. The number of ether oxygens (including phenoxy) is 1. The summed E-state index contributed by atoms with van der Waals surface area (Å²) in [6.07, 6.45) is 1.80. The van der Waals surface area contributed by atoms with E-state index in [1.165, 1.54) is 0 Å². The minimum absolute atomic E-state index is 0.0694. The van der Waals surface area contributed by atoms with Crippen molar-refractivity contribution in [3.8, 4) is 5.75 Å². The highest BCUT2D eigenvalue weighted by Gasteiger charge is 2.20. The van der Waals surface area contributed by atoms with Crippen LogP contribution in [0.15, 0.2) is 30.3 Å². The van der Waals surface area contributed by atoms with Gasteiger partial charge in [-0.3, -0.25) is 9.59 Å². The van der Waals surface area contributed by atoms with Crippen molar-refractivity contribution in [2.24, 2.45) is 5.92 Å². The fourth-order valence-corrected chi connectivity index (χ4v) is 1.83. The van der Waals surface area contributed by atoms with E-state index in [1.807, 2.05) is 25.1 Å². The smallest absolute Gasteiger partial charge is 0.308 e. The van der Waals surface area contributed by atoms with Crippen LogP contribution in [0.1, 0.15) is 26.7 Å². The zero-order chi connectivity index (χ0) is 15.7. The lowest BCUT2D eigenvalue weighted by Gasteiger charge is -2.24. The molecule has 0 aliphatic carbocycles. The van der Waals surface area contributed by atoms with Crippen LogP contribution in [-0.4, -0.2) is 41.6 Å². The SMILES string of the molecule is CCCCN(CC(C)C(=O)O)C(=O)COc1ccccc1. The molecule has 0 radical (unpaired) electrons. The van der Waals surface area contributed by atoms with Crippen LogP contribution < -0.4 is 4.74 Å². The van der Waals surface area contributed by atoms with Gasteiger partial charge in [0.2, 0.25) is 0 Å². The first-order chi connectivity index (χ1) is 10.0. The molecule has 1 aromatic carbocycles. The zero-order valence-corrected chi connectivity index (χ0v) is 12.6. The number of carbonyl (C=O) groups is 2. The molecule has 0 bridgehead atoms. The molecule has 5 heteroatoms. The predicted molar refractivity (Wildman–Crippen MR) is 80.2 cm³/mol. The summed E-state index contributed by atoms with van der Waals surface area (Å²) < 4.78 is 5.43. The number of rotatable bonds is 9. The number of nitrogens with zero attached hydrogens (tertiary/aromatic N) is 1. The van der Waals surface area contributed by atoms with Crippen LogP contribution in [0.5, 0.6) is 5.75 Å². The first kappa shape index (κ1) is 17.0. The van der Waals surface area contributed by atoms with Crippen LogP contribution in [0.25, 0.3) is 0 Å². The van der Waals surface area contributed by atoms with Gasteiger partial charge >= 0.3 is 5.97 Å². The average Bonchev–Trinajstić information content (AvgIpc) is 2.49. The largest absolute Gasteiger partial charge is 0.484 e. The van der Waals surface area contributed by atoms with Crippen molar-refractivity contribution >= 4 is 11.9 Å². The molecule has 21 heavy (non-hydrogen) atoms. The van der Waals surface area contributed by atoms with Gasteiger partial charge in [0.1, 0.15) is 5.75 Å². The lowest BCUT2D eigenvalue weighted by atomic mass is 10.1. The molecule has 1 unspecified atom stereocenters. The van der Waals surface area contributed by atoms with Crippen molar-refractivity contribution in [2.75, 3.05) is 19.7 Å². The summed E-state index contributed by atoms with van der Waals surface area (Å²) in [7, 11) is 0. The van der Waals surface area contributed by atoms with Crippen molar-refractivity contribution in [1.29, 1.82) is 0 Å². The lowest BCUT2D eigenvalue weighted by molar-refractivity contribution is -0.143. The van der Waals surface area contributed by atoms with Gasteiger partial charge in [-0.1, -0.05) is 38.5 Å². The Morgan fingerprint density at radius 3 is 2.52 bits per heavy atom. The highest BCUT2D eigenvalue weighted by Crippen LogP contribution is 2.09. The third-order valence-electron chi connectivity index (χ3n) is 3.16. The van der Waals surface area contributed by atoms with E-state index in [1.54, 1.807) is 24.0 Å². The molecule has 1 rings (SSSR count). The maximum absolute atomic E-state index is 12.2. The van der Waals surface area contributed by atoms with Crippen LogP contribution in [0.2, 0.25) is 0 Å². The van der Waals surface area contributed by atoms with E-state index in [4.69, 9.17) is 9.84 Å². The molecule has 1 aromatic rings. The zero-order valence-electron chi connectivity index (χ0n) is 12.6. The molecule has 0 aromatic heterocycles. The molecule has 0 heterocycles. The number of unbranched alkanes of at least 4 members (excludes halogenated alkanes) is 1. The van der Waals surface area contributed by atoms with Gasteiger partial charge in [0.25, 0.3) is 5.91 Å². The molecule has 0 fully saturated rings. The van der Waals surface area contributed by atoms with Gasteiger partial charge in [-0.25, -0.2) is 0 Å². The van der Waals surface area contributed by atoms with Crippen LogP contribution in [-0.2, 0) is 9.59 Å².